The number of hydrogen-bond acceptors (Lipinski definition) is 3. The molecule has 0 bridgehead atoms. The van der Waals surface area contributed by atoms with E-state index >= 15 is 0 Å². The fourth-order valence-corrected chi connectivity index (χ4v) is 2.91. The molecule has 0 radical (unpaired) electrons. The van der Waals surface area contributed by atoms with Crippen LogP contribution in [-0.4, -0.2) is 18.3 Å². The predicted octanol–water partition coefficient (Wildman–Crippen LogP) is 4.49. The summed E-state index contributed by atoms with van der Waals surface area (Å²) >= 11 is 0. The number of ether oxygens (including phenoxy) is 2. The van der Waals surface area contributed by atoms with E-state index in [1.54, 1.807) is 0 Å². The molecule has 0 heterocycles. The molecular formula is C18H28O3. The van der Waals surface area contributed by atoms with Gasteiger partial charge >= 0.3 is 0 Å². The molecule has 0 spiro atoms. The first-order chi connectivity index (χ1) is 10.3. The van der Waals surface area contributed by atoms with Gasteiger partial charge in [0.25, 0.3) is 0 Å². The summed E-state index contributed by atoms with van der Waals surface area (Å²) in [5.74, 6) is 1.94. The Morgan fingerprint density at radius 1 is 1.05 bits per heavy atom. The first kappa shape index (κ1) is 16.2. The molecule has 3 nitrogen and oxygen atoms in total. The van der Waals surface area contributed by atoms with Gasteiger partial charge in [0.1, 0.15) is 0 Å². The summed E-state index contributed by atoms with van der Waals surface area (Å²) in [6, 6.07) is 5.88. The lowest BCUT2D eigenvalue weighted by atomic mass is 9.94. The van der Waals surface area contributed by atoms with Crippen LogP contribution in [0.2, 0.25) is 0 Å². The predicted molar refractivity (Wildman–Crippen MR) is 84.9 cm³/mol. The minimum Gasteiger partial charge on any atom is -0.490 e. The summed E-state index contributed by atoms with van der Waals surface area (Å²) in [5, 5.41) is 10.5. The lowest BCUT2D eigenvalue weighted by Crippen LogP contribution is -2.10. The normalized spacial score (nSPS) is 16.9. The molecule has 1 atom stereocenters. The van der Waals surface area contributed by atoms with Crippen LogP contribution in [0.5, 0.6) is 11.5 Å². The van der Waals surface area contributed by atoms with Crippen LogP contribution in [-0.2, 0) is 0 Å². The minimum absolute atomic E-state index is 0.378. The fourth-order valence-electron chi connectivity index (χ4n) is 2.91. The maximum atomic E-state index is 10.5. The molecule has 118 valence electrons. The number of aliphatic hydroxyl groups excluding tert-OH is 1. The fraction of sp³-hybridized carbons (Fsp3) is 0.667. The zero-order valence-corrected chi connectivity index (χ0v) is 13.3. The average molecular weight is 292 g/mol. The van der Waals surface area contributed by atoms with E-state index in [1.807, 2.05) is 18.2 Å². The molecule has 21 heavy (non-hydrogen) atoms. The summed E-state index contributed by atoms with van der Waals surface area (Å²) in [6.45, 7) is 5.53. The summed E-state index contributed by atoms with van der Waals surface area (Å²) in [6.07, 6.45) is 6.28. The molecule has 0 aliphatic heterocycles. The lowest BCUT2D eigenvalue weighted by molar-refractivity contribution is 0.111. The van der Waals surface area contributed by atoms with Crippen molar-refractivity contribution in [2.24, 2.45) is 5.92 Å². The van der Waals surface area contributed by atoms with E-state index in [0.717, 1.165) is 42.7 Å². The number of benzene rings is 1. The Morgan fingerprint density at radius 3 is 2.29 bits per heavy atom. The van der Waals surface area contributed by atoms with Crippen molar-refractivity contribution in [3.8, 4) is 11.5 Å². The molecule has 2 rings (SSSR count). The Kier molecular flexibility index (Phi) is 6.37. The molecule has 3 heteroatoms. The highest BCUT2D eigenvalue weighted by Gasteiger charge is 2.25. The van der Waals surface area contributed by atoms with Crippen LogP contribution in [0.25, 0.3) is 0 Å². The molecule has 1 aromatic carbocycles. The van der Waals surface area contributed by atoms with Gasteiger partial charge in [0.15, 0.2) is 11.5 Å². The second kappa shape index (κ2) is 8.28. The monoisotopic (exact) mass is 292 g/mol. The molecular weight excluding hydrogens is 264 g/mol. The first-order valence-electron chi connectivity index (χ1n) is 8.33. The highest BCUT2D eigenvalue weighted by molar-refractivity contribution is 5.43. The van der Waals surface area contributed by atoms with Crippen LogP contribution in [0.15, 0.2) is 18.2 Å². The maximum absolute atomic E-state index is 10.5. The third-order valence-corrected chi connectivity index (χ3v) is 4.08. The van der Waals surface area contributed by atoms with E-state index in [0.29, 0.717) is 19.1 Å². The average Bonchev–Trinajstić information content (AvgIpc) is 3.04. The van der Waals surface area contributed by atoms with Crippen molar-refractivity contribution < 1.29 is 14.6 Å². The largest absolute Gasteiger partial charge is 0.490 e. The van der Waals surface area contributed by atoms with Crippen molar-refractivity contribution in [1.29, 1.82) is 0 Å². The van der Waals surface area contributed by atoms with Gasteiger partial charge in [-0.2, -0.15) is 0 Å². The van der Waals surface area contributed by atoms with E-state index in [4.69, 9.17) is 9.47 Å². The quantitative estimate of drug-likeness (QED) is 0.767. The summed E-state index contributed by atoms with van der Waals surface area (Å²) in [4.78, 5) is 0. The van der Waals surface area contributed by atoms with Crippen LogP contribution in [0, 0.1) is 5.92 Å². The van der Waals surface area contributed by atoms with Crippen molar-refractivity contribution in [2.75, 3.05) is 13.2 Å². The molecule has 0 amide bonds. The molecule has 1 fully saturated rings. The Balaban J connectivity index is 2.14. The van der Waals surface area contributed by atoms with Gasteiger partial charge in [-0.05, 0) is 49.3 Å². The van der Waals surface area contributed by atoms with Gasteiger partial charge in [-0.15, -0.1) is 0 Å². The molecule has 1 unspecified atom stereocenters. The highest BCUT2D eigenvalue weighted by Crippen LogP contribution is 2.38. The zero-order chi connectivity index (χ0) is 15.1. The SMILES string of the molecule is CCCOc1ccc(C(O)C2CCCC2)cc1OCCC. The van der Waals surface area contributed by atoms with Gasteiger partial charge < -0.3 is 14.6 Å². The van der Waals surface area contributed by atoms with Crippen LogP contribution < -0.4 is 9.47 Å². The number of aliphatic hydroxyl groups is 1. The summed E-state index contributed by atoms with van der Waals surface area (Å²) in [7, 11) is 0. The smallest absolute Gasteiger partial charge is 0.161 e. The van der Waals surface area contributed by atoms with E-state index in [-0.39, 0.29) is 6.10 Å². The Bertz CT molecular complexity index is 424. The van der Waals surface area contributed by atoms with Crippen molar-refractivity contribution in [2.45, 2.75) is 58.5 Å². The van der Waals surface area contributed by atoms with Crippen LogP contribution in [0.3, 0.4) is 0 Å². The molecule has 0 aromatic heterocycles. The highest BCUT2D eigenvalue weighted by atomic mass is 16.5. The summed E-state index contributed by atoms with van der Waals surface area (Å²) < 4.78 is 11.5. The van der Waals surface area contributed by atoms with Gasteiger partial charge in [0.05, 0.1) is 19.3 Å². The maximum Gasteiger partial charge on any atom is 0.161 e. The van der Waals surface area contributed by atoms with Gasteiger partial charge in [0.2, 0.25) is 0 Å². The van der Waals surface area contributed by atoms with Crippen LogP contribution in [0.1, 0.15) is 64.0 Å². The van der Waals surface area contributed by atoms with Crippen molar-refractivity contribution >= 4 is 0 Å². The van der Waals surface area contributed by atoms with Gasteiger partial charge in [-0.1, -0.05) is 32.8 Å². The topological polar surface area (TPSA) is 38.7 Å². The Labute approximate surface area is 128 Å². The molecule has 1 aromatic rings. The van der Waals surface area contributed by atoms with Crippen LogP contribution >= 0.6 is 0 Å². The van der Waals surface area contributed by atoms with Crippen LogP contribution in [0.4, 0.5) is 0 Å². The zero-order valence-electron chi connectivity index (χ0n) is 13.3. The number of rotatable bonds is 8. The Morgan fingerprint density at radius 2 is 1.67 bits per heavy atom. The van der Waals surface area contributed by atoms with Gasteiger partial charge in [0, 0.05) is 0 Å². The third kappa shape index (κ3) is 4.37. The van der Waals surface area contributed by atoms with Crippen molar-refractivity contribution in [1.82, 2.24) is 0 Å². The van der Waals surface area contributed by atoms with Crippen molar-refractivity contribution in [3.05, 3.63) is 23.8 Å². The van der Waals surface area contributed by atoms with Crippen molar-refractivity contribution in [3.63, 3.8) is 0 Å². The second-order valence-corrected chi connectivity index (χ2v) is 5.89. The van der Waals surface area contributed by atoms with E-state index < -0.39 is 0 Å². The molecule has 0 saturated heterocycles. The molecule has 1 aliphatic carbocycles. The van der Waals surface area contributed by atoms with Gasteiger partial charge in [-0.25, -0.2) is 0 Å². The minimum atomic E-state index is -0.378. The summed E-state index contributed by atoms with van der Waals surface area (Å²) in [5.41, 5.74) is 0.955. The van der Waals surface area contributed by atoms with E-state index in [2.05, 4.69) is 13.8 Å². The van der Waals surface area contributed by atoms with Gasteiger partial charge in [-0.3, -0.25) is 0 Å². The van der Waals surface area contributed by atoms with E-state index in [1.165, 1.54) is 12.8 Å². The standard InChI is InChI=1S/C18H28O3/c1-3-11-20-16-10-9-15(13-17(16)21-12-4-2)18(19)14-7-5-6-8-14/h9-10,13-14,18-19H,3-8,11-12H2,1-2H3. The molecule has 1 saturated carbocycles. The van der Waals surface area contributed by atoms with E-state index in [9.17, 15) is 5.11 Å². The molecule has 1 aliphatic rings. The molecule has 1 N–H and O–H groups in total. The second-order valence-electron chi connectivity index (χ2n) is 5.89. The lowest BCUT2D eigenvalue weighted by Gasteiger charge is -2.20. The number of hydrogen-bond donors (Lipinski definition) is 1. The first-order valence-corrected chi connectivity index (χ1v) is 8.33. The third-order valence-electron chi connectivity index (χ3n) is 4.08. The Hall–Kier alpha value is -1.22.